The number of amides is 1. The molecule has 0 bridgehead atoms. The topological polar surface area (TPSA) is 50.4 Å². The number of benzene rings is 1. The van der Waals surface area contributed by atoms with Crippen LogP contribution in [0.1, 0.15) is 0 Å². The van der Waals surface area contributed by atoms with Gasteiger partial charge in [0.05, 0.1) is 19.3 Å². The van der Waals surface area contributed by atoms with E-state index in [9.17, 15) is 9.18 Å². The highest BCUT2D eigenvalue weighted by atomic mass is 19.1. The van der Waals surface area contributed by atoms with E-state index < -0.39 is 5.82 Å². The highest BCUT2D eigenvalue weighted by molar-refractivity contribution is 5.93. The van der Waals surface area contributed by atoms with Crippen molar-refractivity contribution in [2.75, 3.05) is 26.0 Å². The molecule has 0 atom stereocenters. The Morgan fingerprint density at radius 2 is 2.27 bits per heavy atom. The molecule has 1 rings (SSSR count). The van der Waals surface area contributed by atoms with Gasteiger partial charge < -0.3 is 15.4 Å². The maximum absolute atomic E-state index is 12.9. The van der Waals surface area contributed by atoms with Gasteiger partial charge in [0.2, 0.25) is 5.91 Å². The van der Waals surface area contributed by atoms with Gasteiger partial charge in [0.15, 0.2) is 0 Å². The molecule has 0 aliphatic carbocycles. The van der Waals surface area contributed by atoms with E-state index in [-0.39, 0.29) is 12.5 Å². The highest BCUT2D eigenvalue weighted by Crippen LogP contribution is 2.24. The van der Waals surface area contributed by atoms with Crippen LogP contribution < -0.4 is 15.4 Å². The summed E-state index contributed by atoms with van der Waals surface area (Å²) >= 11 is 0. The Morgan fingerprint density at radius 1 is 1.53 bits per heavy atom. The molecule has 0 aromatic heterocycles. The van der Waals surface area contributed by atoms with Crippen LogP contribution in [0.5, 0.6) is 5.75 Å². The van der Waals surface area contributed by atoms with Crippen molar-refractivity contribution in [1.82, 2.24) is 5.32 Å². The van der Waals surface area contributed by atoms with E-state index in [1.807, 2.05) is 0 Å². The molecule has 0 heterocycles. The second-order valence-electron chi connectivity index (χ2n) is 2.92. The van der Waals surface area contributed by atoms with Crippen LogP contribution in [-0.4, -0.2) is 26.6 Å². The third-order valence-corrected chi connectivity index (χ3v) is 1.77. The number of nitrogens with one attached hydrogen (secondary N) is 2. The molecule has 5 heteroatoms. The van der Waals surface area contributed by atoms with Crippen LogP contribution in [0.3, 0.4) is 0 Å². The van der Waals surface area contributed by atoms with Gasteiger partial charge in [-0.3, -0.25) is 4.79 Å². The summed E-state index contributed by atoms with van der Waals surface area (Å²) in [7, 11) is 3.11. The van der Waals surface area contributed by atoms with Crippen LogP contribution in [0.15, 0.2) is 18.2 Å². The van der Waals surface area contributed by atoms with Gasteiger partial charge in [-0.2, -0.15) is 0 Å². The predicted molar refractivity (Wildman–Crippen MR) is 55.5 cm³/mol. The fourth-order valence-corrected chi connectivity index (χ4v) is 1.13. The first-order valence-corrected chi connectivity index (χ1v) is 4.45. The van der Waals surface area contributed by atoms with Crippen molar-refractivity contribution in [1.29, 1.82) is 0 Å². The minimum absolute atomic E-state index is 0.166. The number of anilines is 1. The number of ether oxygens (including phenoxy) is 1. The number of hydrogen-bond acceptors (Lipinski definition) is 3. The van der Waals surface area contributed by atoms with Crippen LogP contribution in [0.2, 0.25) is 0 Å². The van der Waals surface area contributed by atoms with Crippen LogP contribution in [0.25, 0.3) is 0 Å². The Bertz CT molecular complexity index is 355. The van der Waals surface area contributed by atoms with Gasteiger partial charge >= 0.3 is 0 Å². The third kappa shape index (κ3) is 3.21. The van der Waals surface area contributed by atoms with Crippen LogP contribution >= 0.6 is 0 Å². The van der Waals surface area contributed by atoms with Crippen molar-refractivity contribution in [3.8, 4) is 5.75 Å². The van der Waals surface area contributed by atoms with E-state index in [0.717, 1.165) is 0 Å². The number of methoxy groups -OCH3 is 1. The monoisotopic (exact) mass is 212 g/mol. The standard InChI is InChI=1S/C10H13FN2O2/c1-12-6-10(14)13-8-5-7(11)3-4-9(8)15-2/h3-5,12H,6H2,1-2H3,(H,13,14). The van der Waals surface area contributed by atoms with Gasteiger partial charge in [-0.15, -0.1) is 0 Å². The maximum atomic E-state index is 12.9. The number of hydrogen-bond donors (Lipinski definition) is 2. The quantitative estimate of drug-likeness (QED) is 0.782. The molecule has 0 spiro atoms. The van der Waals surface area contributed by atoms with E-state index in [1.54, 1.807) is 7.05 Å². The lowest BCUT2D eigenvalue weighted by Crippen LogP contribution is -2.25. The molecular formula is C10H13FN2O2. The second kappa shape index (κ2) is 5.31. The van der Waals surface area contributed by atoms with E-state index in [1.165, 1.54) is 25.3 Å². The predicted octanol–water partition coefficient (Wildman–Crippen LogP) is 0.992. The molecule has 1 aromatic rings. The smallest absolute Gasteiger partial charge is 0.238 e. The lowest BCUT2D eigenvalue weighted by molar-refractivity contribution is -0.115. The molecule has 0 radical (unpaired) electrons. The molecule has 82 valence electrons. The van der Waals surface area contributed by atoms with E-state index in [2.05, 4.69) is 10.6 Å². The Hall–Kier alpha value is -1.62. The number of likely N-dealkylation sites (N-methyl/N-ethyl adjacent to an activating group) is 1. The van der Waals surface area contributed by atoms with Gasteiger partial charge in [0.1, 0.15) is 11.6 Å². The van der Waals surface area contributed by atoms with Crippen molar-refractivity contribution in [2.45, 2.75) is 0 Å². The minimum atomic E-state index is -0.421. The van der Waals surface area contributed by atoms with Gasteiger partial charge in [-0.05, 0) is 19.2 Å². The first kappa shape index (κ1) is 11.5. The summed E-state index contributed by atoms with van der Waals surface area (Å²) in [4.78, 5) is 11.2. The summed E-state index contributed by atoms with van der Waals surface area (Å²) in [5.74, 6) is -0.238. The van der Waals surface area contributed by atoms with E-state index in [0.29, 0.717) is 11.4 Å². The third-order valence-electron chi connectivity index (χ3n) is 1.77. The summed E-state index contributed by atoms with van der Waals surface area (Å²) in [5.41, 5.74) is 0.331. The average Bonchev–Trinajstić information content (AvgIpc) is 2.18. The molecular weight excluding hydrogens is 199 g/mol. The van der Waals surface area contributed by atoms with E-state index >= 15 is 0 Å². The molecule has 4 nitrogen and oxygen atoms in total. The Morgan fingerprint density at radius 3 is 2.87 bits per heavy atom. The van der Waals surface area contributed by atoms with Crippen LogP contribution in [0, 0.1) is 5.82 Å². The second-order valence-corrected chi connectivity index (χ2v) is 2.92. The number of carbonyl (C=O) groups is 1. The number of halogens is 1. The van der Waals surface area contributed by atoms with Gasteiger partial charge in [-0.1, -0.05) is 0 Å². The molecule has 1 amide bonds. The van der Waals surface area contributed by atoms with Crippen molar-refractivity contribution in [2.24, 2.45) is 0 Å². The fraction of sp³-hybridized carbons (Fsp3) is 0.300. The van der Waals surface area contributed by atoms with Crippen LogP contribution in [0.4, 0.5) is 10.1 Å². The minimum Gasteiger partial charge on any atom is -0.495 e. The summed E-state index contributed by atoms with van der Waals surface area (Å²) in [5, 5.41) is 5.23. The van der Waals surface area contributed by atoms with Crippen molar-refractivity contribution in [3.63, 3.8) is 0 Å². The van der Waals surface area contributed by atoms with Crippen molar-refractivity contribution >= 4 is 11.6 Å². The fourth-order valence-electron chi connectivity index (χ4n) is 1.13. The largest absolute Gasteiger partial charge is 0.495 e. The lowest BCUT2D eigenvalue weighted by atomic mass is 10.3. The molecule has 0 aliphatic rings. The molecule has 0 unspecified atom stereocenters. The Labute approximate surface area is 87.4 Å². The molecule has 0 saturated carbocycles. The maximum Gasteiger partial charge on any atom is 0.238 e. The lowest BCUT2D eigenvalue weighted by Gasteiger charge is -2.09. The summed E-state index contributed by atoms with van der Waals surface area (Å²) in [6, 6.07) is 3.95. The summed E-state index contributed by atoms with van der Waals surface area (Å²) in [6.45, 7) is 0.166. The molecule has 1 aromatic carbocycles. The molecule has 0 fully saturated rings. The van der Waals surface area contributed by atoms with Gasteiger partial charge in [0, 0.05) is 6.07 Å². The first-order chi connectivity index (χ1) is 7.17. The number of carbonyl (C=O) groups excluding carboxylic acids is 1. The normalized spacial score (nSPS) is 9.80. The van der Waals surface area contributed by atoms with Gasteiger partial charge in [-0.25, -0.2) is 4.39 Å². The molecule has 15 heavy (non-hydrogen) atoms. The Kier molecular flexibility index (Phi) is 4.05. The Balaban J connectivity index is 2.82. The van der Waals surface area contributed by atoms with Gasteiger partial charge in [0.25, 0.3) is 0 Å². The van der Waals surface area contributed by atoms with E-state index in [4.69, 9.17) is 4.74 Å². The van der Waals surface area contributed by atoms with Crippen molar-refractivity contribution < 1.29 is 13.9 Å². The molecule has 0 aliphatic heterocycles. The highest BCUT2D eigenvalue weighted by Gasteiger charge is 2.07. The molecule has 2 N–H and O–H groups in total. The average molecular weight is 212 g/mol. The first-order valence-electron chi connectivity index (χ1n) is 4.45. The summed E-state index contributed by atoms with van der Waals surface area (Å²) < 4.78 is 17.9. The molecule has 0 saturated heterocycles. The zero-order valence-corrected chi connectivity index (χ0v) is 8.63. The summed E-state index contributed by atoms with van der Waals surface area (Å²) in [6.07, 6.45) is 0. The SMILES string of the molecule is CNCC(=O)Nc1cc(F)ccc1OC. The zero-order valence-electron chi connectivity index (χ0n) is 8.63. The van der Waals surface area contributed by atoms with Crippen molar-refractivity contribution in [3.05, 3.63) is 24.0 Å². The zero-order chi connectivity index (χ0) is 11.3. The number of rotatable bonds is 4. The van der Waals surface area contributed by atoms with Crippen LogP contribution in [-0.2, 0) is 4.79 Å².